The zero-order valence-electron chi connectivity index (χ0n) is 17.0. The van der Waals surface area contributed by atoms with E-state index in [9.17, 15) is 9.59 Å². The van der Waals surface area contributed by atoms with Gasteiger partial charge in [0.2, 0.25) is 0 Å². The van der Waals surface area contributed by atoms with Gasteiger partial charge in [-0.2, -0.15) is 5.10 Å². The Labute approximate surface area is 168 Å². The van der Waals surface area contributed by atoms with E-state index in [4.69, 9.17) is 9.72 Å². The van der Waals surface area contributed by atoms with Crippen molar-refractivity contribution in [3.05, 3.63) is 57.9 Å². The SMILES string of the molecule is COCCn1c(C2CCCN2C(=O)c2cc(C)nn2C)nc2ccccc2c1=O. The number of amides is 1. The molecule has 0 saturated carbocycles. The maximum Gasteiger partial charge on any atom is 0.272 e. The average molecular weight is 395 g/mol. The number of hydrogen-bond acceptors (Lipinski definition) is 5. The molecule has 3 aromatic rings. The van der Waals surface area contributed by atoms with Crippen LogP contribution in [-0.2, 0) is 18.3 Å². The first-order valence-electron chi connectivity index (χ1n) is 9.81. The Morgan fingerprint density at radius 1 is 1.31 bits per heavy atom. The molecule has 0 spiro atoms. The predicted octanol–water partition coefficient (Wildman–Crippen LogP) is 2.06. The number of aryl methyl sites for hydroxylation is 2. The molecule has 29 heavy (non-hydrogen) atoms. The molecule has 1 saturated heterocycles. The van der Waals surface area contributed by atoms with Gasteiger partial charge in [0, 0.05) is 20.7 Å². The van der Waals surface area contributed by atoms with E-state index in [2.05, 4.69) is 5.10 Å². The number of carbonyl (C=O) groups is 1. The molecule has 1 atom stereocenters. The molecular weight excluding hydrogens is 370 g/mol. The van der Waals surface area contributed by atoms with Crippen LogP contribution in [0.25, 0.3) is 10.9 Å². The summed E-state index contributed by atoms with van der Waals surface area (Å²) in [5.74, 6) is 0.534. The van der Waals surface area contributed by atoms with Crippen LogP contribution < -0.4 is 5.56 Å². The minimum Gasteiger partial charge on any atom is -0.383 e. The van der Waals surface area contributed by atoms with Gasteiger partial charge in [0.1, 0.15) is 11.5 Å². The summed E-state index contributed by atoms with van der Waals surface area (Å²) in [4.78, 5) is 33.1. The molecule has 2 aromatic heterocycles. The number of methoxy groups -OCH3 is 1. The van der Waals surface area contributed by atoms with Crippen molar-refractivity contribution in [1.82, 2.24) is 24.2 Å². The summed E-state index contributed by atoms with van der Waals surface area (Å²) in [6.45, 7) is 3.28. The molecule has 152 valence electrons. The van der Waals surface area contributed by atoms with Gasteiger partial charge in [0.05, 0.1) is 35.8 Å². The van der Waals surface area contributed by atoms with Crippen LogP contribution in [0, 0.1) is 6.92 Å². The maximum absolute atomic E-state index is 13.3. The zero-order chi connectivity index (χ0) is 20.5. The van der Waals surface area contributed by atoms with Crippen LogP contribution in [0.1, 0.15) is 40.9 Å². The van der Waals surface area contributed by atoms with Crippen molar-refractivity contribution < 1.29 is 9.53 Å². The highest BCUT2D eigenvalue weighted by Crippen LogP contribution is 2.32. The number of fused-ring (bicyclic) bond motifs is 1. The second-order valence-electron chi connectivity index (χ2n) is 7.39. The van der Waals surface area contributed by atoms with Crippen LogP contribution in [0.3, 0.4) is 0 Å². The highest BCUT2D eigenvalue weighted by Gasteiger charge is 2.35. The van der Waals surface area contributed by atoms with Crippen molar-refractivity contribution in [3.8, 4) is 0 Å². The Balaban J connectivity index is 1.80. The van der Waals surface area contributed by atoms with Crippen molar-refractivity contribution in [1.29, 1.82) is 0 Å². The van der Waals surface area contributed by atoms with Crippen molar-refractivity contribution in [2.75, 3.05) is 20.3 Å². The molecule has 1 aliphatic rings. The summed E-state index contributed by atoms with van der Waals surface area (Å²) >= 11 is 0. The lowest BCUT2D eigenvalue weighted by atomic mass is 10.1. The fraction of sp³-hybridized carbons (Fsp3) is 0.429. The van der Waals surface area contributed by atoms with Gasteiger partial charge in [-0.1, -0.05) is 12.1 Å². The second kappa shape index (κ2) is 7.79. The molecular formula is C21H25N5O3. The Morgan fingerprint density at radius 3 is 2.83 bits per heavy atom. The van der Waals surface area contributed by atoms with Crippen molar-refractivity contribution in [3.63, 3.8) is 0 Å². The second-order valence-corrected chi connectivity index (χ2v) is 7.39. The third-order valence-corrected chi connectivity index (χ3v) is 5.44. The first-order chi connectivity index (χ1) is 14.0. The molecule has 0 radical (unpaired) electrons. The largest absolute Gasteiger partial charge is 0.383 e. The van der Waals surface area contributed by atoms with Gasteiger partial charge >= 0.3 is 0 Å². The summed E-state index contributed by atoms with van der Waals surface area (Å²) in [5.41, 5.74) is 1.89. The summed E-state index contributed by atoms with van der Waals surface area (Å²) in [6, 6.07) is 8.87. The first kappa shape index (κ1) is 19.3. The van der Waals surface area contributed by atoms with E-state index in [1.165, 1.54) is 0 Å². The topological polar surface area (TPSA) is 82.2 Å². The number of likely N-dealkylation sites (tertiary alicyclic amines) is 1. The number of para-hydroxylation sites is 1. The number of rotatable bonds is 5. The maximum atomic E-state index is 13.3. The molecule has 8 heteroatoms. The Bertz CT molecular complexity index is 1120. The van der Waals surface area contributed by atoms with Gasteiger partial charge < -0.3 is 9.64 Å². The predicted molar refractivity (Wildman–Crippen MR) is 109 cm³/mol. The minimum atomic E-state index is -0.258. The number of nitrogens with zero attached hydrogens (tertiary/aromatic N) is 5. The highest BCUT2D eigenvalue weighted by molar-refractivity contribution is 5.93. The van der Waals surface area contributed by atoms with Crippen LogP contribution in [0.15, 0.2) is 35.1 Å². The van der Waals surface area contributed by atoms with Gasteiger partial charge in [-0.25, -0.2) is 4.98 Å². The van der Waals surface area contributed by atoms with Gasteiger partial charge in [-0.05, 0) is 38.0 Å². The molecule has 1 aliphatic heterocycles. The van der Waals surface area contributed by atoms with Crippen molar-refractivity contribution in [2.24, 2.45) is 7.05 Å². The molecule has 0 N–H and O–H groups in total. The molecule has 3 heterocycles. The van der Waals surface area contributed by atoms with Crippen LogP contribution >= 0.6 is 0 Å². The summed E-state index contributed by atoms with van der Waals surface area (Å²) in [7, 11) is 3.38. The third kappa shape index (κ3) is 3.44. The van der Waals surface area contributed by atoms with E-state index in [1.807, 2.05) is 30.0 Å². The van der Waals surface area contributed by atoms with Gasteiger partial charge in [-0.3, -0.25) is 18.8 Å². The Kier molecular flexibility index (Phi) is 5.19. The molecule has 0 aliphatic carbocycles. The molecule has 0 bridgehead atoms. The summed E-state index contributed by atoms with van der Waals surface area (Å²) in [6.07, 6.45) is 1.63. The van der Waals surface area contributed by atoms with Gasteiger partial charge in [-0.15, -0.1) is 0 Å². The normalized spacial score (nSPS) is 16.7. The molecule has 1 aromatic carbocycles. The van der Waals surface area contributed by atoms with Crippen molar-refractivity contribution >= 4 is 16.8 Å². The fourth-order valence-electron chi connectivity index (χ4n) is 4.07. The Morgan fingerprint density at radius 2 is 2.10 bits per heavy atom. The summed E-state index contributed by atoms with van der Waals surface area (Å²) in [5, 5.41) is 4.87. The van der Waals surface area contributed by atoms with Crippen molar-refractivity contribution in [2.45, 2.75) is 32.4 Å². The highest BCUT2D eigenvalue weighted by atomic mass is 16.5. The molecule has 8 nitrogen and oxygen atoms in total. The van der Waals surface area contributed by atoms with Crippen LogP contribution in [0.2, 0.25) is 0 Å². The minimum absolute atomic E-state index is 0.0868. The number of aromatic nitrogens is 4. The zero-order valence-corrected chi connectivity index (χ0v) is 17.0. The van der Waals surface area contributed by atoms with Gasteiger partial charge in [0.25, 0.3) is 11.5 Å². The van der Waals surface area contributed by atoms with Crippen LogP contribution in [0.5, 0.6) is 0 Å². The molecule has 1 amide bonds. The number of carbonyl (C=O) groups excluding carboxylic acids is 1. The lowest BCUT2D eigenvalue weighted by Crippen LogP contribution is -2.36. The van der Waals surface area contributed by atoms with Gasteiger partial charge in [0.15, 0.2) is 0 Å². The molecule has 1 unspecified atom stereocenters. The van der Waals surface area contributed by atoms with E-state index < -0.39 is 0 Å². The molecule has 1 fully saturated rings. The molecule has 4 rings (SSSR count). The van der Waals surface area contributed by atoms with E-state index in [0.717, 1.165) is 18.5 Å². The monoisotopic (exact) mass is 395 g/mol. The smallest absolute Gasteiger partial charge is 0.272 e. The lowest BCUT2D eigenvalue weighted by Gasteiger charge is -2.26. The third-order valence-electron chi connectivity index (χ3n) is 5.44. The quantitative estimate of drug-likeness (QED) is 0.660. The van der Waals surface area contributed by atoms with Crippen LogP contribution in [0.4, 0.5) is 0 Å². The average Bonchev–Trinajstić information content (AvgIpc) is 3.33. The number of ether oxygens (including phenoxy) is 1. The van der Waals surface area contributed by atoms with E-state index in [0.29, 0.717) is 42.1 Å². The van der Waals surface area contributed by atoms with E-state index >= 15 is 0 Å². The number of benzene rings is 1. The Hall–Kier alpha value is -3.00. The fourth-order valence-corrected chi connectivity index (χ4v) is 4.07. The standard InChI is InChI=1S/C21H25N5O3/c1-14-13-18(24(2)23-14)21(28)25-10-6-9-17(25)19-22-16-8-5-4-7-15(16)20(27)26(19)11-12-29-3/h4-5,7-8,13,17H,6,9-12H2,1-3H3. The number of hydrogen-bond donors (Lipinski definition) is 0. The lowest BCUT2D eigenvalue weighted by molar-refractivity contribution is 0.0714. The van der Waals surface area contributed by atoms with Crippen LogP contribution in [-0.4, -0.2) is 50.4 Å². The van der Waals surface area contributed by atoms with E-state index in [-0.39, 0.29) is 17.5 Å². The first-order valence-corrected chi connectivity index (χ1v) is 9.81. The summed E-state index contributed by atoms with van der Waals surface area (Å²) < 4.78 is 8.49. The van der Waals surface area contributed by atoms with E-state index in [1.54, 1.807) is 35.5 Å².